The van der Waals surface area contributed by atoms with Crippen LogP contribution in [0.4, 0.5) is 0 Å². The van der Waals surface area contributed by atoms with Crippen molar-refractivity contribution in [3.8, 4) is 0 Å². The monoisotopic (exact) mass is 281 g/mol. The lowest BCUT2D eigenvalue weighted by atomic mass is 10.2. The Labute approximate surface area is 117 Å². The van der Waals surface area contributed by atoms with Gasteiger partial charge in [0.2, 0.25) is 0 Å². The fourth-order valence-electron chi connectivity index (χ4n) is 2.65. The van der Waals surface area contributed by atoms with E-state index in [4.69, 9.17) is 4.74 Å². The van der Waals surface area contributed by atoms with Crippen LogP contribution in [0, 0.1) is 0 Å². The van der Waals surface area contributed by atoms with Crippen LogP contribution < -0.4 is 0 Å². The molecule has 2 aliphatic rings. The van der Waals surface area contributed by atoms with E-state index in [0.717, 1.165) is 57.9 Å². The topological polar surface area (TPSA) is 45.7 Å². The lowest BCUT2D eigenvalue weighted by molar-refractivity contribution is -0.142. The molecular weight excluding hydrogens is 262 g/mol. The third-order valence-electron chi connectivity index (χ3n) is 3.76. The van der Waals surface area contributed by atoms with Gasteiger partial charge in [0.15, 0.2) is 0 Å². The summed E-state index contributed by atoms with van der Waals surface area (Å²) in [4.78, 5) is 20.8. The minimum Gasteiger partial charge on any atom is -0.368 e. The molecule has 0 saturated carbocycles. The van der Waals surface area contributed by atoms with E-state index in [1.807, 2.05) is 10.4 Å². The van der Waals surface area contributed by atoms with Crippen LogP contribution in [0.3, 0.4) is 0 Å². The average Bonchev–Trinajstić information content (AvgIpc) is 3.12. The lowest BCUT2D eigenvalue weighted by Crippen LogP contribution is -2.51. The van der Waals surface area contributed by atoms with Gasteiger partial charge in [-0.05, 0) is 12.8 Å². The second kappa shape index (κ2) is 5.98. The molecule has 104 valence electrons. The summed E-state index contributed by atoms with van der Waals surface area (Å²) in [5.74, 6) is 0.186. The van der Waals surface area contributed by atoms with Crippen molar-refractivity contribution >= 4 is 17.2 Å². The van der Waals surface area contributed by atoms with Gasteiger partial charge < -0.3 is 9.64 Å². The van der Waals surface area contributed by atoms with E-state index >= 15 is 0 Å². The summed E-state index contributed by atoms with van der Waals surface area (Å²) in [7, 11) is 0. The summed E-state index contributed by atoms with van der Waals surface area (Å²) in [6, 6.07) is 0. The van der Waals surface area contributed by atoms with Gasteiger partial charge in [-0.1, -0.05) is 0 Å². The molecule has 3 heterocycles. The first-order valence-electron chi connectivity index (χ1n) is 6.83. The zero-order valence-corrected chi connectivity index (χ0v) is 11.8. The maximum Gasteiger partial charge on any atom is 0.251 e. The molecule has 6 heteroatoms. The molecule has 19 heavy (non-hydrogen) atoms. The SMILES string of the molecule is O=C(C1CCCO1)N1CCN(Cc2cscn2)CC1. The Hall–Kier alpha value is -0.980. The van der Waals surface area contributed by atoms with Crippen LogP contribution in [0.15, 0.2) is 10.9 Å². The van der Waals surface area contributed by atoms with Crippen molar-refractivity contribution in [2.75, 3.05) is 32.8 Å². The number of carbonyl (C=O) groups is 1. The quantitative estimate of drug-likeness (QED) is 0.828. The van der Waals surface area contributed by atoms with Crippen molar-refractivity contribution < 1.29 is 9.53 Å². The number of hydrogen-bond donors (Lipinski definition) is 0. The number of rotatable bonds is 3. The number of hydrogen-bond acceptors (Lipinski definition) is 5. The molecule has 0 N–H and O–H groups in total. The first-order chi connectivity index (χ1) is 9.33. The molecule has 1 aromatic heterocycles. The maximum absolute atomic E-state index is 12.2. The summed E-state index contributed by atoms with van der Waals surface area (Å²) in [5.41, 5.74) is 3.00. The molecule has 2 saturated heterocycles. The Morgan fingerprint density at radius 2 is 2.26 bits per heavy atom. The molecule has 3 rings (SSSR count). The Kier molecular flexibility index (Phi) is 4.10. The summed E-state index contributed by atoms with van der Waals surface area (Å²) in [6.07, 6.45) is 1.73. The minimum absolute atomic E-state index is 0.176. The lowest BCUT2D eigenvalue weighted by Gasteiger charge is -2.35. The van der Waals surface area contributed by atoms with E-state index in [1.54, 1.807) is 11.3 Å². The molecule has 0 aliphatic carbocycles. The predicted molar refractivity (Wildman–Crippen MR) is 72.9 cm³/mol. The van der Waals surface area contributed by atoms with Gasteiger partial charge in [0, 0.05) is 44.7 Å². The number of aromatic nitrogens is 1. The predicted octanol–water partition coefficient (Wildman–Crippen LogP) is 0.966. The fourth-order valence-corrected chi connectivity index (χ4v) is 3.20. The number of nitrogens with zero attached hydrogens (tertiary/aromatic N) is 3. The van der Waals surface area contributed by atoms with E-state index in [0.29, 0.717) is 0 Å². The van der Waals surface area contributed by atoms with Crippen LogP contribution >= 0.6 is 11.3 Å². The molecule has 1 aromatic rings. The van der Waals surface area contributed by atoms with E-state index in [2.05, 4.69) is 15.3 Å². The first kappa shape index (κ1) is 13.0. The van der Waals surface area contributed by atoms with E-state index in [1.165, 1.54) is 0 Å². The van der Waals surface area contributed by atoms with Gasteiger partial charge in [-0.3, -0.25) is 9.69 Å². The van der Waals surface area contributed by atoms with Crippen molar-refractivity contribution in [3.05, 3.63) is 16.6 Å². The van der Waals surface area contributed by atoms with Crippen molar-refractivity contribution in [3.63, 3.8) is 0 Å². The molecule has 0 aromatic carbocycles. The molecule has 1 unspecified atom stereocenters. The summed E-state index contributed by atoms with van der Waals surface area (Å²) in [6.45, 7) is 5.10. The summed E-state index contributed by atoms with van der Waals surface area (Å²) < 4.78 is 5.47. The molecule has 0 radical (unpaired) electrons. The van der Waals surface area contributed by atoms with Gasteiger partial charge >= 0.3 is 0 Å². The summed E-state index contributed by atoms with van der Waals surface area (Å²) in [5, 5.41) is 2.09. The fraction of sp³-hybridized carbons (Fsp3) is 0.692. The van der Waals surface area contributed by atoms with E-state index < -0.39 is 0 Å². The van der Waals surface area contributed by atoms with Gasteiger partial charge in [-0.2, -0.15) is 0 Å². The van der Waals surface area contributed by atoms with Gasteiger partial charge in [-0.15, -0.1) is 11.3 Å². The van der Waals surface area contributed by atoms with Gasteiger partial charge in [-0.25, -0.2) is 4.98 Å². The summed E-state index contributed by atoms with van der Waals surface area (Å²) >= 11 is 1.63. The van der Waals surface area contributed by atoms with E-state index in [-0.39, 0.29) is 12.0 Å². The zero-order chi connectivity index (χ0) is 13.1. The second-order valence-electron chi connectivity index (χ2n) is 5.08. The normalized spacial score (nSPS) is 24.8. The van der Waals surface area contributed by atoms with E-state index in [9.17, 15) is 4.79 Å². The van der Waals surface area contributed by atoms with Crippen LogP contribution in [-0.4, -0.2) is 59.6 Å². The smallest absolute Gasteiger partial charge is 0.251 e. The molecule has 0 bridgehead atoms. The van der Waals surface area contributed by atoms with Crippen molar-refractivity contribution in [1.82, 2.24) is 14.8 Å². The molecule has 5 nitrogen and oxygen atoms in total. The molecular formula is C13H19N3O2S. The number of carbonyl (C=O) groups excluding carboxylic acids is 1. The van der Waals surface area contributed by atoms with Crippen molar-refractivity contribution in [1.29, 1.82) is 0 Å². The average molecular weight is 281 g/mol. The highest BCUT2D eigenvalue weighted by atomic mass is 32.1. The van der Waals surface area contributed by atoms with Crippen LogP contribution in [0.1, 0.15) is 18.5 Å². The van der Waals surface area contributed by atoms with Crippen LogP contribution in [0.25, 0.3) is 0 Å². The maximum atomic E-state index is 12.2. The molecule has 1 amide bonds. The number of thiazole rings is 1. The Balaban J connectivity index is 1.47. The first-order valence-corrected chi connectivity index (χ1v) is 7.77. The standard InChI is InChI=1S/C13H19N3O2S/c17-13(12-2-1-7-18-12)16-5-3-15(4-6-16)8-11-9-19-10-14-11/h9-10,12H,1-8H2. The Morgan fingerprint density at radius 1 is 1.42 bits per heavy atom. The van der Waals surface area contributed by atoms with Gasteiger partial charge in [0.1, 0.15) is 6.10 Å². The third-order valence-corrected chi connectivity index (χ3v) is 4.39. The second-order valence-corrected chi connectivity index (χ2v) is 5.80. The highest BCUT2D eigenvalue weighted by Crippen LogP contribution is 2.16. The third kappa shape index (κ3) is 3.13. The Morgan fingerprint density at radius 3 is 2.89 bits per heavy atom. The highest BCUT2D eigenvalue weighted by Gasteiger charge is 2.30. The van der Waals surface area contributed by atoms with Crippen LogP contribution in [0.5, 0.6) is 0 Å². The minimum atomic E-state index is -0.176. The van der Waals surface area contributed by atoms with Crippen molar-refractivity contribution in [2.45, 2.75) is 25.5 Å². The molecule has 1 atom stereocenters. The largest absolute Gasteiger partial charge is 0.368 e. The number of piperazine rings is 1. The number of amides is 1. The van der Waals surface area contributed by atoms with Gasteiger partial charge in [0.25, 0.3) is 5.91 Å². The van der Waals surface area contributed by atoms with Crippen molar-refractivity contribution in [2.24, 2.45) is 0 Å². The highest BCUT2D eigenvalue weighted by molar-refractivity contribution is 7.07. The van der Waals surface area contributed by atoms with Gasteiger partial charge in [0.05, 0.1) is 11.2 Å². The Bertz CT molecular complexity index is 410. The molecule has 2 fully saturated rings. The van der Waals surface area contributed by atoms with Crippen LogP contribution in [-0.2, 0) is 16.1 Å². The number of ether oxygens (including phenoxy) is 1. The molecule has 0 spiro atoms. The molecule has 2 aliphatic heterocycles. The zero-order valence-electron chi connectivity index (χ0n) is 11.0. The van der Waals surface area contributed by atoms with Crippen LogP contribution in [0.2, 0.25) is 0 Å².